The van der Waals surface area contributed by atoms with Crippen molar-refractivity contribution >= 4 is 17.5 Å². The summed E-state index contributed by atoms with van der Waals surface area (Å²) < 4.78 is 0. The number of amides is 2. The van der Waals surface area contributed by atoms with Crippen molar-refractivity contribution in [3.8, 4) is 0 Å². The third-order valence-electron chi connectivity index (χ3n) is 3.54. The third-order valence-corrected chi connectivity index (χ3v) is 3.54. The van der Waals surface area contributed by atoms with Crippen LogP contribution in [0, 0.1) is 5.41 Å². The first-order valence-corrected chi connectivity index (χ1v) is 8.39. The highest BCUT2D eigenvalue weighted by atomic mass is 16.2. The number of carbonyl (C=O) groups is 2. The summed E-state index contributed by atoms with van der Waals surface area (Å²) in [6, 6.07) is 8.29. The Labute approximate surface area is 145 Å². The van der Waals surface area contributed by atoms with Gasteiger partial charge in [-0.3, -0.25) is 9.59 Å². The van der Waals surface area contributed by atoms with Crippen LogP contribution in [0.2, 0.25) is 0 Å². The average Bonchev–Trinajstić information content (AvgIpc) is 2.43. The van der Waals surface area contributed by atoms with Gasteiger partial charge in [0.05, 0.1) is 6.54 Å². The second-order valence-electron chi connectivity index (χ2n) is 7.75. The molecule has 5 heteroatoms. The van der Waals surface area contributed by atoms with Gasteiger partial charge in [-0.1, -0.05) is 32.9 Å². The van der Waals surface area contributed by atoms with Crippen LogP contribution in [-0.4, -0.2) is 38.5 Å². The predicted molar refractivity (Wildman–Crippen MR) is 99.2 cm³/mol. The molecule has 0 unspecified atom stereocenters. The van der Waals surface area contributed by atoms with Gasteiger partial charge in [0.1, 0.15) is 0 Å². The number of benzene rings is 1. The van der Waals surface area contributed by atoms with Gasteiger partial charge in [-0.25, -0.2) is 0 Å². The largest absolute Gasteiger partial charge is 0.378 e. The molecule has 0 radical (unpaired) electrons. The molecule has 134 valence electrons. The van der Waals surface area contributed by atoms with Gasteiger partial charge in [-0.2, -0.15) is 0 Å². The quantitative estimate of drug-likeness (QED) is 0.805. The Morgan fingerprint density at radius 1 is 1.08 bits per heavy atom. The van der Waals surface area contributed by atoms with Crippen molar-refractivity contribution in [3.05, 3.63) is 29.8 Å². The molecule has 0 aliphatic carbocycles. The van der Waals surface area contributed by atoms with Crippen LogP contribution in [-0.2, 0) is 16.0 Å². The first kappa shape index (κ1) is 20.0. The summed E-state index contributed by atoms with van der Waals surface area (Å²) in [4.78, 5) is 25.7. The average molecular weight is 333 g/mol. The Balaban J connectivity index is 2.37. The molecular formula is C19H31N3O2. The zero-order chi connectivity index (χ0) is 18.3. The van der Waals surface area contributed by atoms with Gasteiger partial charge >= 0.3 is 0 Å². The number of rotatable bonds is 7. The molecule has 0 bridgehead atoms. The summed E-state index contributed by atoms with van der Waals surface area (Å²) in [6.07, 6.45) is 1.17. The molecule has 0 aromatic heterocycles. The minimum absolute atomic E-state index is 0.0159. The van der Waals surface area contributed by atoms with Gasteiger partial charge in [0.15, 0.2) is 0 Å². The maximum atomic E-state index is 11.9. The van der Waals surface area contributed by atoms with E-state index < -0.39 is 0 Å². The third kappa shape index (κ3) is 7.99. The van der Waals surface area contributed by atoms with E-state index in [1.54, 1.807) is 0 Å². The second kappa shape index (κ2) is 8.71. The monoisotopic (exact) mass is 333 g/mol. The lowest BCUT2D eigenvalue weighted by Gasteiger charge is -2.18. The summed E-state index contributed by atoms with van der Waals surface area (Å²) in [5.74, 6) is -0.251. The number of hydrogen-bond acceptors (Lipinski definition) is 3. The van der Waals surface area contributed by atoms with Crippen LogP contribution in [0.1, 0.15) is 39.7 Å². The van der Waals surface area contributed by atoms with Gasteiger partial charge in [0.25, 0.3) is 0 Å². The van der Waals surface area contributed by atoms with E-state index in [-0.39, 0.29) is 29.8 Å². The van der Waals surface area contributed by atoms with Crippen molar-refractivity contribution in [1.29, 1.82) is 0 Å². The smallest absolute Gasteiger partial charge is 0.239 e. The zero-order valence-corrected chi connectivity index (χ0v) is 15.8. The molecule has 24 heavy (non-hydrogen) atoms. The van der Waals surface area contributed by atoms with Gasteiger partial charge in [0, 0.05) is 32.2 Å². The number of anilines is 1. The van der Waals surface area contributed by atoms with Crippen molar-refractivity contribution in [2.24, 2.45) is 5.41 Å². The van der Waals surface area contributed by atoms with E-state index in [1.165, 1.54) is 5.56 Å². The molecule has 1 aromatic carbocycles. The maximum absolute atomic E-state index is 11.9. The number of carbonyl (C=O) groups excluding carboxylic acids is 2. The number of nitrogens with zero attached hydrogens (tertiary/aromatic N) is 1. The SMILES string of the molecule is C[C@H](Cc1ccc(N(C)C)cc1)NC(=O)CNC(=O)CC(C)(C)C. The number of nitrogens with one attached hydrogen (secondary N) is 2. The Kier molecular flexibility index (Phi) is 7.26. The summed E-state index contributed by atoms with van der Waals surface area (Å²) >= 11 is 0. The molecule has 2 amide bonds. The lowest BCUT2D eigenvalue weighted by atomic mass is 9.92. The van der Waals surface area contributed by atoms with E-state index in [2.05, 4.69) is 39.8 Å². The Morgan fingerprint density at radius 2 is 1.67 bits per heavy atom. The summed E-state index contributed by atoms with van der Waals surface area (Å²) in [7, 11) is 4.01. The van der Waals surface area contributed by atoms with Crippen LogP contribution in [0.15, 0.2) is 24.3 Å². The normalized spacial score (nSPS) is 12.4. The van der Waals surface area contributed by atoms with Crippen LogP contribution in [0.3, 0.4) is 0 Å². The van der Waals surface area contributed by atoms with Gasteiger partial charge < -0.3 is 15.5 Å². The molecule has 0 heterocycles. The van der Waals surface area contributed by atoms with Crippen LogP contribution in [0.5, 0.6) is 0 Å². The molecular weight excluding hydrogens is 302 g/mol. The zero-order valence-electron chi connectivity index (χ0n) is 15.8. The Bertz CT molecular complexity index is 545. The van der Waals surface area contributed by atoms with E-state index in [4.69, 9.17) is 0 Å². The van der Waals surface area contributed by atoms with Crippen molar-refractivity contribution in [2.45, 2.75) is 46.6 Å². The van der Waals surface area contributed by atoms with E-state index in [0.717, 1.165) is 12.1 Å². The highest BCUT2D eigenvalue weighted by Crippen LogP contribution is 2.17. The maximum Gasteiger partial charge on any atom is 0.239 e. The minimum Gasteiger partial charge on any atom is -0.378 e. The van der Waals surface area contributed by atoms with Crippen molar-refractivity contribution in [3.63, 3.8) is 0 Å². The molecule has 2 N–H and O–H groups in total. The highest BCUT2D eigenvalue weighted by Gasteiger charge is 2.16. The molecule has 0 saturated carbocycles. The Morgan fingerprint density at radius 3 is 2.17 bits per heavy atom. The first-order valence-electron chi connectivity index (χ1n) is 8.39. The van der Waals surface area contributed by atoms with Gasteiger partial charge in [-0.15, -0.1) is 0 Å². The van der Waals surface area contributed by atoms with E-state index >= 15 is 0 Å². The molecule has 1 rings (SSSR count). The summed E-state index contributed by atoms with van der Waals surface area (Å²) in [5.41, 5.74) is 2.24. The molecule has 1 atom stereocenters. The van der Waals surface area contributed by atoms with E-state index in [1.807, 2.05) is 41.8 Å². The molecule has 0 spiro atoms. The van der Waals surface area contributed by atoms with Gasteiger partial charge in [0.2, 0.25) is 11.8 Å². The topological polar surface area (TPSA) is 61.4 Å². The summed E-state index contributed by atoms with van der Waals surface area (Å²) in [5, 5.41) is 5.59. The van der Waals surface area contributed by atoms with E-state index in [9.17, 15) is 9.59 Å². The fourth-order valence-electron chi connectivity index (χ4n) is 2.38. The lowest BCUT2D eigenvalue weighted by Crippen LogP contribution is -2.42. The van der Waals surface area contributed by atoms with Gasteiger partial charge in [-0.05, 0) is 36.5 Å². The molecule has 0 aliphatic heterocycles. The first-order chi connectivity index (χ1) is 11.1. The molecule has 0 saturated heterocycles. The molecule has 5 nitrogen and oxygen atoms in total. The van der Waals surface area contributed by atoms with Crippen LogP contribution >= 0.6 is 0 Å². The molecule has 0 aliphatic rings. The molecule has 0 fully saturated rings. The second-order valence-corrected chi connectivity index (χ2v) is 7.75. The van der Waals surface area contributed by atoms with Crippen LogP contribution in [0.25, 0.3) is 0 Å². The molecule has 1 aromatic rings. The van der Waals surface area contributed by atoms with Crippen molar-refractivity contribution in [2.75, 3.05) is 25.5 Å². The van der Waals surface area contributed by atoms with Crippen LogP contribution in [0.4, 0.5) is 5.69 Å². The number of hydrogen-bond donors (Lipinski definition) is 2. The lowest BCUT2D eigenvalue weighted by molar-refractivity contribution is -0.127. The minimum atomic E-state index is -0.158. The van der Waals surface area contributed by atoms with Crippen molar-refractivity contribution in [1.82, 2.24) is 10.6 Å². The van der Waals surface area contributed by atoms with E-state index in [0.29, 0.717) is 6.42 Å². The fourth-order valence-corrected chi connectivity index (χ4v) is 2.38. The summed E-state index contributed by atoms with van der Waals surface area (Å²) in [6.45, 7) is 7.98. The predicted octanol–water partition coefficient (Wildman–Crippen LogP) is 2.35. The van der Waals surface area contributed by atoms with Crippen LogP contribution < -0.4 is 15.5 Å². The highest BCUT2D eigenvalue weighted by molar-refractivity contribution is 5.85. The van der Waals surface area contributed by atoms with Crippen molar-refractivity contribution < 1.29 is 9.59 Å². The standard InChI is InChI=1S/C19H31N3O2/c1-14(11-15-7-9-16(10-8-15)22(5)6)21-18(24)13-20-17(23)12-19(2,3)4/h7-10,14H,11-13H2,1-6H3,(H,20,23)(H,21,24)/t14-/m1/s1. The Hall–Kier alpha value is -2.04. The fraction of sp³-hybridized carbons (Fsp3) is 0.579.